The molecule has 0 saturated heterocycles. The van der Waals surface area contributed by atoms with Crippen molar-refractivity contribution in [2.45, 2.75) is 13.3 Å². The zero-order valence-corrected chi connectivity index (χ0v) is 15.8. The third kappa shape index (κ3) is 5.46. The molecule has 0 saturated carbocycles. The van der Waals surface area contributed by atoms with E-state index in [0.717, 1.165) is 5.56 Å². The summed E-state index contributed by atoms with van der Waals surface area (Å²) in [5, 5.41) is 5.70. The SMILES string of the molecule is COC(=O)c1cccc(NC(=O)CC(=O)Nc2cc(C)c(Cl)cc2OC)c1. The van der Waals surface area contributed by atoms with Gasteiger partial charge in [0.15, 0.2) is 0 Å². The molecule has 0 fully saturated rings. The Hall–Kier alpha value is -3.06. The summed E-state index contributed by atoms with van der Waals surface area (Å²) in [5.41, 5.74) is 1.86. The largest absolute Gasteiger partial charge is 0.495 e. The fraction of sp³-hybridized carbons (Fsp3) is 0.211. The lowest BCUT2D eigenvalue weighted by Gasteiger charge is -2.12. The van der Waals surface area contributed by atoms with Gasteiger partial charge in [-0.25, -0.2) is 4.79 Å². The molecule has 0 aromatic heterocycles. The Kier molecular flexibility index (Phi) is 6.79. The van der Waals surface area contributed by atoms with Crippen molar-refractivity contribution < 1.29 is 23.9 Å². The molecule has 0 aliphatic carbocycles. The first-order valence-corrected chi connectivity index (χ1v) is 8.34. The summed E-state index contributed by atoms with van der Waals surface area (Å²) < 4.78 is 9.82. The van der Waals surface area contributed by atoms with E-state index in [1.165, 1.54) is 20.3 Å². The summed E-state index contributed by atoms with van der Waals surface area (Å²) in [6.45, 7) is 1.79. The van der Waals surface area contributed by atoms with Crippen molar-refractivity contribution in [2.24, 2.45) is 0 Å². The molecule has 2 aromatic carbocycles. The highest BCUT2D eigenvalue weighted by Gasteiger charge is 2.14. The molecule has 0 unspecified atom stereocenters. The van der Waals surface area contributed by atoms with Crippen molar-refractivity contribution in [3.8, 4) is 5.75 Å². The predicted octanol–water partition coefficient (Wildman–Crippen LogP) is 3.41. The van der Waals surface area contributed by atoms with Crippen LogP contribution in [0.1, 0.15) is 22.3 Å². The number of carbonyl (C=O) groups excluding carboxylic acids is 3. The number of hydrogen-bond acceptors (Lipinski definition) is 5. The van der Waals surface area contributed by atoms with Crippen LogP contribution >= 0.6 is 11.6 Å². The van der Waals surface area contributed by atoms with E-state index in [9.17, 15) is 14.4 Å². The van der Waals surface area contributed by atoms with Crippen LogP contribution in [-0.2, 0) is 14.3 Å². The van der Waals surface area contributed by atoms with Gasteiger partial charge in [-0.2, -0.15) is 0 Å². The normalized spacial score (nSPS) is 10.1. The average Bonchev–Trinajstić information content (AvgIpc) is 2.63. The van der Waals surface area contributed by atoms with Crippen molar-refractivity contribution in [1.82, 2.24) is 0 Å². The highest BCUT2D eigenvalue weighted by Crippen LogP contribution is 2.31. The second kappa shape index (κ2) is 9.05. The number of ether oxygens (including phenoxy) is 2. The Balaban J connectivity index is 2.01. The number of halogens is 1. The first-order valence-electron chi connectivity index (χ1n) is 7.96. The lowest BCUT2D eigenvalue weighted by atomic mass is 10.2. The van der Waals surface area contributed by atoms with Crippen LogP contribution in [0.4, 0.5) is 11.4 Å². The molecule has 7 nitrogen and oxygen atoms in total. The topological polar surface area (TPSA) is 93.7 Å². The summed E-state index contributed by atoms with van der Waals surface area (Å²) >= 11 is 6.03. The summed E-state index contributed by atoms with van der Waals surface area (Å²) in [6, 6.07) is 9.48. The van der Waals surface area contributed by atoms with E-state index in [-0.39, 0.29) is 0 Å². The van der Waals surface area contributed by atoms with Crippen LogP contribution in [0.2, 0.25) is 5.02 Å². The van der Waals surface area contributed by atoms with Crippen LogP contribution in [0.15, 0.2) is 36.4 Å². The lowest BCUT2D eigenvalue weighted by Crippen LogP contribution is -2.22. The van der Waals surface area contributed by atoms with Gasteiger partial charge in [-0.3, -0.25) is 9.59 Å². The molecule has 0 atom stereocenters. The molecule has 8 heteroatoms. The van der Waals surface area contributed by atoms with E-state index < -0.39 is 24.2 Å². The minimum atomic E-state index is -0.529. The fourth-order valence-corrected chi connectivity index (χ4v) is 2.47. The second-order valence-corrected chi connectivity index (χ2v) is 6.05. The summed E-state index contributed by atoms with van der Waals surface area (Å²) in [7, 11) is 2.72. The molecular formula is C19H19ClN2O5. The number of rotatable bonds is 6. The van der Waals surface area contributed by atoms with E-state index in [0.29, 0.717) is 27.7 Å². The van der Waals surface area contributed by atoms with Gasteiger partial charge in [0, 0.05) is 16.8 Å². The van der Waals surface area contributed by atoms with Gasteiger partial charge in [0.25, 0.3) is 0 Å². The second-order valence-electron chi connectivity index (χ2n) is 5.65. The van der Waals surface area contributed by atoms with Crippen molar-refractivity contribution in [3.05, 3.63) is 52.5 Å². The number of carbonyl (C=O) groups is 3. The lowest BCUT2D eigenvalue weighted by molar-refractivity contribution is -0.123. The third-order valence-corrected chi connectivity index (χ3v) is 4.05. The summed E-state index contributed by atoms with van der Waals surface area (Å²) in [5.74, 6) is -1.17. The fourth-order valence-electron chi connectivity index (χ4n) is 2.32. The van der Waals surface area contributed by atoms with Crippen LogP contribution < -0.4 is 15.4 Å². The van der Waals surface area contributed by atoms with Crippen LogP contribution in [0.3, 0.4) is 0 Å². The van der Waals surface area contributed by atoms with E-state index in [1.807, 2.05) is 0 Å². The van der Waals surface area contributed by atoms with Gasteiger partial charge in [0.1, 0.15) is 12.2 Å². The number of amides is 2. The van der Waals surface area contributed by atoms with Gasteiger partial charge in [-0.05, 0) is 36.8 Å². The zero-order valence-electron chi connectivity index (χ0n) is 15.1. The Labute approximate surface area is 161 Å². The van der Waals surface area contributed by atoms with Gasteiger partial charge in [0.05, 0.1) is 25.5 Å². The van der Waals surface area contributed by atoms with Gasteiger partial charge in [0.2, 0.25) is 11.8 Å². The molecule has 142 valence electrons. The molecule has 27 heavy (non-hydrogen) atoms. The number of hydrogen-bond donors (Lipinski definition) is 2. The molecule has 0 aliphatic heterocycles. The maximum Gasteiger partial charge on any atom is 0.337 e. The molecule has 0 heterocycles. The highest BCUT2D eigenvalue weighted by molar-refractivity contribution is 6.31. The van der Waals surface area contributed by atoms with Crippen LogP contribution in [-0.4, -0.2) is 32.0 Å². The average molecular weight is 391 g/mol. The van der Waals surface area contributed by atoms with Crippen molar-refractivity contribution in [3.63, 3.8) is 0 Å². The molecule has 2 aromatic rings. The maximum absolute atomic E-state index is 12.2. The van der Waals surface area contributed by atoms with E-state index >= 15 is 0 Å². The van der Waals surface area contributed by atoms with E-state index in [4.69, 9.17) is 16.3 Å². The minimum absolute atomic E-state index is 0.293. The van der Waals surface area contributed by atoms with Crippen molar-refractivity contribution >= 4 is 40.8 Å². The summed E-state index contributed by atoms with van der Waals surface area (Å²) in [4.78, 5) is 35.8. The Morgan fingerprint density at radius 1 is 1.04 bits per heavy atom. The van der Waals surface area contributed by atoms with E-state index in [1.54, 1.807) is 37.3 Å². The minimum Gasteiger partial charge on any atom is -0.495 e. The van der Waals surface area contributed by atoms with Crippen molar-refractivity contribution in [2.75, 3.05) is 24.9 Å². The molecule has 2 amide bonds. The number of esters is 1. The molecule has 2 rings (SSSR count). The van der Waals surface area contributed by atoms with Gasteiger partial charge < -0.3 is 20.1 Å². The molecule has 0 spiro atoms. The van der Waals surface area contributed by atoms with Crippen LogP contribution in [0.25, 0.3) is 0 Å². The van der Waals surface area contributed by atoms with Gasteiger partial charge in [-0.15, -0.1) is 0 Å². The maximum atomic E-state index is 12.2. The summed E-state index contributed by atoms with van der Waals surface area (Å²) in [6.07, 6.45) is -0.409. The number of anilines is 2. The Morgan fingerprint density at radius 2 is 1.74 bits per heavy atom. The molecule has 0 bridgehead atoms. The standard InChI is InChI=1S/C19H19ClN2O5/c1-11-7-15(16(26-2)9-14(11)20)22-18(24)10-17(23)21-13-6-4-5-12(8-13)19(25)27-3/h4-9H,10H2,1-3H3,(H,21,23)(H,22,24). The van der Waals surface area contributed by atoms with Gasteiger partial charge >= 0.3 is 5.97 Å². The third-order valence-electron chi connectivity index (χ3n) is 3.64. The zero-order chi connectivity index (χ0) is 20.0. The molecule has 0 aliphatic rings. The van der Waals surface area contributed by atoms with Crippen LogP contribution in [0.5, 0.6) is 5.75 Å². The quantitative estimate of drug-likeness (QED) is 0.582. The van der Waals surface area contributed by atoms with Crippen LogP contribution in [0, 0.1) is 6.92 Å². The van der Waals surface area contributed by atoms with E-state index in [2.05, 4.69) is 15.4 Å². The number of nitrogens with one attached hydrogen (secondary N) is 2. The number of aryl methyl sites for hydroxylation is 1. The molecular weight excluding hydrogens is 372 g/mol. The Morgan fingerprint density at radius 3 is 2.41 bits per heavy atom. The smallest absolute Gasteiger partial charge is 0.337 e. The first-order chi connectivity index (χ1) is 12.8. The molecule has 2 N–H and O–H groups in total. The first kappa shape index (κ1) is 20.3. The monoisotopic (exact) mass is 390 g/mol. The van der Waals surface area contributed by atoms with Gasteiger partial charge in [-0.1, -0.05) is 17.7 Å². The molecule has 0 radical (unpaired) electrons. The number of methoxy groups -OCH3 is 2. The Bertz CT molecular complexity index is 882. The predicted molar refractivity (Wildman–Crippen MR) is 102 cm³/mol. The highest BCUT2D eigenvalue weighted by atomic mass is 35.5. The number of benzene rings is 2. The van der Waals surface area contributed by atoms with Crippen molar-refractivity contribution in [1.29, 1.82) is 0 Å².